The molecule has 0 radical (unpaired) electrons. The van der Waals surface area contributed by atoms with Crippen LogP contribution in [0.2, 0.25) is 0 Å². The van der Waals surface area contributed by atoms with Gasteiger partial charge in [0.05, 0.1) is 11.9 Å². The molecule has 0 aliphatic carbocycles. The van der Waals surface area contributed by atoms with Crippen molar-refractivity contribution in [1.82, 2.24) is 20.4 Å². The number of hydrogen-bond acceptors (Lipinski definition) is 3. The van der Waals surface area contributed by atoms with E-state index in [1.165, 1.54) is 0 Å². The predicted octanol–water partition coefficient (Wildman–Crippen LogP) is 3.29. The fourth-order valence-electron chi connectivity index (χ4n) is 3.12. The van der Waals surface area contributed by atoms with Crippen LogP contribution < -0.4 is 10.6 Å². The van der Waals surface area contributed by atoms with Gasteiger partial charge in [-0.1, -0.05) is 49.7 Å². The van der Waals surface area contributed by atoms with E-state index < -0.39 is 6.04 Å². The molecule has 2 N–H and O–H groups in total. The lowest BCUT2D eigenvalue weighted by Crippen LogP contribution is -2.50. The van der Waals surface area contributed by atoms with Gasteiger partial charge in [0.1, 0.15) is 6.04 Å². The molecule has 0 unspecified atom stereocenters. The second kappa shape index (κ2) is 9.87. The number of nitrogens with one attached hydrogen (secondary N) is 2. The van der Waals surface area contributed by atoms with Crippen molar-refractivity contribution in [1.29, 1.82) is 0 Å². The molecule has 30 heavy (non-hydrogen) atoms. The molecule has 1 heterocycles. The number of hydrogen-bond donors (Lipinski definition) is 2. The van der Waals surface area contributed by atoms with Crippen molar-refractivity contribution < 1.29 is 9.59 Å². The quantitative estimate of drug-likeness (QED) is 0.605. The van der Waals surface area contributed by atoms with Gasteiger partial charge in [-0.3, -0.25) is 9.59 Å². The highest BCUT2D eigenvalue weighted by molar-refractivity contribution is 5.97. The van der Waals surface area contributed by atoms with Crippen LogP contribution in [0.3, 0.4) is 0 Å². The molecule has 0 saturated heterocycles. The number of benzene rings is 2. The average molecular weight is 405 g/mol. The van der Waals surface area contributed by atoms with Gasteiger partial charge in [-0.05, 0) is 49.1 Å². The van der Waals surface area contributed by atoms with Crippen molar-refractivity contribution >= 4 is 11.8 Å². The summed E-state index contributed by atoms with van der Waals surface area (Å²) in [6.45, 7) is 6.28. The molecular weight excluding hydrogens is 376 g/mol. The van der Waals surface area contributed by atoms with Gasteiger partial charge in [-0.25, -0.2) is 4.68 Å². The van der Waals surface area contributed by atoms with E-state index in [0.29, 0.717) is 18.5 Å². The molecular formula is C24H28N4O2. The van der Waals surface area contributed by atoms with E-state index in [1.807, 2.05) is 74.1 Å². The van der Waals surface area contributed by atoms with E-state index in [-0.39, 0.29) is 17.7 Å². The Morgan fingerprint density at radius 1 is 1.03 bits per heavy atom. The van der Waals surface area contributed by atoms with Crippen LogP contribution in [0.5, 0.6) is 0 Å². The Labute approximate surface area is 177 Å². The number of para-hydroxylation sites is 1. The zero-order valence-electron chi connectivity index (χ0n) is 17.6. The number of amides is 2. The first-order valence-electron chi connectivity index (χ1n) is 10.2. The zero-order chi connectivity index (χ0) is 21.5. The molecule has 0 spiro atoms. The van der Waals surface area contributed by atoms with Crippen molar-refractivity contribution in [3.05, 3.63) is 83.7 Å². The number of rotatable bonds is 8. The maximum absolute atomic E-state index is 12.7. The molecule has 3 rings (SSSR count). The van der Waals surface area contributed by atoms with Crippen LogP contribution in [0, 0.1) is 12.8 Å². The maximum Gasteiger partial charge on any atom is 0.251 e. The second-order valence-corrected chi connectivity index (χ2v) is 7.73. The van der Waals surface area contributed by atoms with Crippen molar-refractivity contribution in [3.8, 4) is 5.69 Å². The first-order valence-corrected chi connectivity index (χ1v) is 10.2. The smallest absolute Gasteiger partial charge is 0.251 e. The van der Waals surface area contributed by atoms with Gasteiger partial charge in [-0.15, -0.1) is 0 Å². The Hall–Kier alpha value is -3.41. The van der Waals surface area contributed by atoms with E-state index in [1.54, 1.807) is 18.3 Å². The lowest BCUT2D eigenvalue weighted by Gasteiger charge is -2.21. The number of nitrogens with zero attached hydrogens (tertiary/aromatic N) is 2. The molecule has 1 atom stereocenters. The molecule has 2 aromatic carbocycles. The minimum Gasteiger partial charge on any atom is -0.354 e. The van der Waals surface area contributed by atoms with E-state index in [4.69, 9.17) is 0 Å². The topological polar surface area (TPSA) is 76.0 Å². The van der Waals surface area contributed by atoms with Crippen molar-refractivity contribution in [3.63, 3.8) is 0 Å². The Morgan fingerprint density at radius 3 is 2.40 bits per heavy atom. The second-order valence-electron chi connectivity index (χ2n) is 7.73. The summed E-state index contributed by atoms with van der Waals surface area (Å²) in [7, 11) is 0. The van der Waals surface area contributed by atoms with Crippen LogP contribution in [0.15, 0.2) is 67.0 Å². The fourth-order valence-corrected chi connectivity index (χ4v) is 3.12. The summed E-state index contributed by atoms with van der Waals surface area (Å²) in [6.07, 6.45) is 4.42. The molecule has 0 aliphatic rings. The minimum absolute atomic E-state index is 0.0276. The number of carbonyl (C=O) groups is 2. The molecule has 0 bridgehead atoms. The third-order valence-corrected chi connectivity index (χ3v) is 4.92. The largest absolute Gasteiger partial charge is 0.354 e. The Kier molecular flexibility index (Phi) is 7.01. The summed E-state index contributed by atoms with van der Waals surface area (Å²) in [5, 5.41) is 10.2. The van der Waals surface area contributed by atoms with E-state index in [0.717, 1.165) is 16.8 Å². The summed E-state index contributed by atoms with van der Waals surface area (Å²) < 4.78 is 1.82. The van der Waals surface area contributed by atoms with E-state index in [2.05, 4.69) is 15.7 Å². The summed E-state index contributed by atoms with van der Waals surface area (Å²) in [6, 6.07) is 16.6. The van der Waals surface area contributed by atoms with Crippen LogP contribution in [0.25, 0.3) is 5.69 Å². The van der Waals surface area contributed by atoms with Gasteiger partial charge < -0.3 is 10.6 Å². The number of carbonyl (C=O) groups excluding carboxylic acids is 2. The minimum atomic E-state index is -0.592. The summed E-state index contributed by atoms with van der Waals surface area (Å²) >= 11 is 0. The third kappa shape index (κ3) is 5.56. The molecule has 0 aliphatic heterocycles. The Bertz CT molecular complexity index is 978. The molecule has 2 amide bonds. The SMILES string of the molecule is Cc1ccc(C(=O)N[C@@H](C(=O)NCCc2cnn(-c3ccccc3)c2)C(C)C)cc1. The molecule has 1 aromatic heterocycles. The summed E-state index contributed by atoms with van der Waals surface area (Å²) in [5.74, 6) is -0.450. The molecule has 0 fully saturated rings. The van der Waals surface area contributed by atoms with Gasteiger partial charge in [-0.2, -0.15) is 5.10 Å². The molecule has 3 aromatic rings. The summed E-state index contributed by atoms with van der Waals surface area (Å²) in [5.41, 5.74) is 3.66. The van der Waals surface area contributed by atoms with E-state index >= 15 is 0 Å². The van der Waals surface area contributed by atoms with Gasteiger partial charge >= 0.3 is 0 Å². The van der Waals surface area contributed by atoms with Crippen molar-refractivity contribution in [2.24, 2.45) is 5.92 Å². The van der Waals surface area contributed by atoms with E-state index in [9.17, 15) is 9.59 Å². The molecule has 6 nitrogen and oxygen atoms in total. The highest BCUT2D eigenvalue weighted by Gasteiger charge is 2.24. The van der Waals surface area contributed by atoms with Crippen molar-refractivity contribution in [2.75, 3.05) is 6.54 Å². The normalized spacial score (nSPS) is 11.9. The van der Waals surface area contributed by atoms with Crippen LogP contribution in [-0.4, -0.2) is 34.2 Å². The van der Waals surface area contributed by atoms with Gasteiger partial charge in [0, 0.05) is 18.3 Å². The maximum atomic E-state index is 12.7. The molecule has 156 valence electrons. The van der Waals surface area contributed by atoms with Crippen LogP contribution in [0.1, 0.15) is 35.3 Å². The highest BCUT2D eigenvalue weighted by Crippen LogP contribution is 2.09. The van der Waals surface area contributed by atoms with Crippen molar-refractivity contribution in [2.45, 2.75) is 33.2 Å². The average Bonchev–Trinajstić information content (AvgIpc) is 3.21. The first kappa shape index (κ1) is 21.3. The Balaban J connectivity index is 1.53. The fraction of sp³-hybridized carbons (Fsp3) is 0.292. The van der Waals surface area contributed by atoms with Crippen LogP contribution in [0.4, 0.5) is 0 Å². The number of aryl methyl sites for hydroxylation is 1. The third-order valence-electron chi connectivity index (χ3n) is 4.92. The van der Waals surface area contributed by atoms with Crippen LogP contribution >= 0.6 is 0 Å². The van der Waals surface area contributed by atoms with Gasteiger partial charge in [0.2, 0.25) is 5.91 Å². The van der Waals surface area contributed by atoms with Crippen LogP contribution in [-0.2, 0) is 11.2 Å². The lowest BCUT2D eigenvalue weighted by atomic mass is 10.0. The predicted molar refractivity (Wildman–Crippen MR) is 118 cm³/mol. The van der Waals surface area contributed by atoms with Gasteiger partial charge in [0.25, 0.3) is 5.91 Å². The lowest BCUT2D eigenvalue weighted by molar-refractivity contribution is -0.123. The first-order chi connectivity index (χ1) is 14.4. The molecule has 6 heteroatoms. The summed E-state index contributed by atoms with van der Waals surface area (Å²) in [4.78, 5) is 25.2. The highest BCUT2D eigenvalue weighted by atomic mass is 16.2. The molecule has 0 saturated carbocycles. The monoisotopic (exact) mass is 404 g/mol. The Morgan fingerprint density at radius 2 is 1.73 bits per heavy atom. The number of aromatic nitrogens is 2. The van der Waals surface area contributed by atoms with Gasteiger partial charge in [0.15, 0.2) is 0 Å². The zero-order valence-corrected chi connectivity index (χ0v) is 17.6. The standard InChI is InChI=1S/C24H28N4O2/c1-17(2)22(27-23(29)20-11-9-18(3)10-12-20)24(30)25-14-13-19-15-26-28(16-19)21-7-5-4-6-8-21/h4-12,15-17,22H,13-14H2,1-3H3,(H,25,30)(H,27,29)/t22-/m1/s1.